The monoisotopic (exact) mass is 458 g/mol. The van der Waals surface area contributed by atoms with Crippen LogP contribution in [0.4, 0.5) is 0 Å². The molecule has 2 saturated heterocycles. The molecule has 8 atom stereocenters. The van der Waals surface area contributed by atoms with Gasteiger partial charge in [0.15, 0.2) is 24.4 Å². The highest BCUT2D eigenvalue weighted by atomic mass is 16.6. The Kier molecular flexibility index (Phi) is 10.3. The van der Waals surface area contributed by atoms with E-state index in [-0.39, 0.29) is 0 Å². The maximum atomic E-state index is 11.4. The van der Waals surface area contributed by atoms with Gasteiger partial charge in [0.25, 0.3) is 0 Å². The van der Waals surface area contributed by atoms with Gasteiger partial charge in [-0.25, -0.2) is 9.59 Å². The van der Waals surface area contributed by atoms with Crippen molar-refractivity contribution in [2.24, 2.45) is 5.92 Å². The number of cyclic esters (lactones) is 2. The van der Waals surface area contributed by atoms with Crippen molar-refractivity contribution in [3.8, 4) is 0 Å². The van der Waals surface area contributed by atoms with Gasteiger partial charge in [-0.15, -0.1) is 6.58 Å². The molecule has 0 amide bonds. The zero-order chi connectivity index (χ0) is 23.8. The van der Waals surface area contributed by atoms with Gasteiger partial charge in [-0.1, -0.05) is 37.5 Å². The molecule has 2 aliphatic heterocycles. The predicted octanol–water partition coefficient (Wildman–Crippen LogP) is -0.380. The van der Waals surface area contributed by atoms with Crippen molar-refractivity contribution in [3.63, 3.8) is 0 Å². The molecule has 10 nitrogen and oxygen atoms in total. The largest absolute Gasteiger partial charge is 0.454 e. The maximum absolute atomic E-state index is 11.4. The highest BCUT2D eigenvalue weighted by Gasteiger charge is 2.47. The van der Waals surface area contributed by atoms with Gasteiger partial charge in [-0.3, -0.25) is 0 Å². The Morgan fingerprint density at radius 2 is 1.38 bits per heavy atom. The first kappa shape index (κ1) is 26.4. The van der Waals surface area contributed by atoms with Gasteiger partial charge in [-0.05, 0) is 18.8 Å². The van der Waals surface area contributed by atoms with Crippen LogP contribution in [0.5, 0.6) is 0 Å². The number of rotatable bonds is 7. The molecule has 182 valence electrons. The summed E-state index contributed by atoms with van der Waals surface area (Å²) < 4.78 is 19.2. The summed E-state index contributed by atoms with van der Waals surface area (Å²) in [4.78, 5) is 22.4. The second-order valence-corrected chi connectivity index (χ2v) is 8.10. The standard InChI is InChI=1S/C14H22O5.C8H12O5/c1-18-13-11(16)12(19-14(13)17)10(15)8-7-9-5-3-2-4-6-9;1-3-4(9)6-5(10)7(12-2)8(11)13-6/h7-13,15-16H,2-6H2,1H3;3-7,9-10H,1H2,2H3/b8-7+;/t10-,11?,12?,13-;4-,5?,6?,7-/m11/s1. The van der Waals surface area contributed by atoms with Crippen molar-refractivity contribution >= 4 is 11.9 Å². The number of carbonyl (C=O) groups is 2. The highest BCUT2D eigenvalue weighted by Crippen LogP contribution is 2.26. The third kappa shape index (κ3) is 6.37. The number of hydrogen-bond donors (Lipinski definition) is 4. The summed E-state index contributed by atoms with van der Waals surface area (Å²) in [6.07, 6.45) is 2.55. The minimum atomic E-state index is -1.15. The highest BCUT2D eigenvalue weighted by molar-refractivity contribution is 5.78. The number of aliphatic hydroxyl groups is 4. The average Bonchev–Trinajstić information content (AvgIpc) is 3.26. The normalized spacial score (nSPS) is 35.1. The van der Waals surface area contributed by atoms with Gasteiger partial charge < -0.3 is 39.4 Å². The molecule has 0 aromatic carbocycles. The Bertz CT molecular complexity index is 659. The van der Waals surface area contributed by atoms with Crippen LogP contribution in [0, 0.1) is 5.92 Å². The summed E-state index contributed by atoms with van der Waals surface area (Å²) in [6.45, 7) is 3.32. The number of methoxy groups -OCH3 is 2. The van der Waals surface area contributed by atoms with Gasteiger partial charge in [-0.2, -0.15) is 0 Å². The van der Waals surface area contributed by atoms with Crippen molar-refractivity contribution in [1.82, 2.24) is 0 Å². The molecule has 2 heterocycles. The lowest BCUT2D eigenvalue weighted by Crippen LogP contribution is -2.38. The molecular weight excluding hydrogens is 424 g/mol. The first-order chi connectivity index (χ1) is 15.2. The lowest BCUT2D eigenvalue weighted by molar-refractivity contribution is -0.151. The number of allylic oxidation sites excluding steroid dienone is 1. The van der Waals surface area contributed by atoms with Crippen molar-refractivity contribution in [2.45, 2.75) is 80.9 Å². The van der Waals surface area contributed by atoms with E-state index < -0.39 is 60.8 Å². The third-order valence-electron chi connectivity index (χ3n) is 5.92. The SMILES string of the molecule is C=C[C@@H](O)C1OC(=O)[C@H](OC)C1O.CO[C@H]1C(=O)OC([C@H](O)/C=C/C2CCCCC2)C1O. The summed E-state index contributed by atoms with van der Waals surface area (Å²) in [5.74, 6) is -0.804. The average molecular weight is 459 g/mol. The van der Waals surface area contributed by atoms with Crippen molar-refractivity contribution < 1.29 is 49.0 Å². The van der Waals surface area contributed by atoms with E-state index in [1.807, 2.05) is 6.08 Å². The van der Waals surface area contributed by atoms with Crippen LogP contribution in [0.15, 0.2) is 24.8 Å². The number of ether oxygens (including phenoxy) is 4. The van der Waals surface area contributed by atoms with E-state index in [2.05, 4.69) is 6.58 Å². The third-order valence-corrected chi connectivity index (χ3v) is 5.92. The molecule has 3 rings (SSSR count). The molecule has 1 aliphatic carbocycles. The van der Waals surface area contributed by atoms with E-state index in [1.165, 1.54) is 39.6 Å². The van der Waals surface area contributed by atoms with Crippen LogP contribution in [0.25, 0.3) is 0 Å². The van der Waals surface area contributed by atoms with E-state index >= 15 is 0 Å². The first-order valence-electron chi connectivity index (χ1n) is 10.7. The van der Waals surface area contributed by atoms with Gasteiger partial charge in [0, 0.05) is 14.2 Å². The zero-order valence-corrected chi connectivity index (χ0v) is 18.4. The maximum Gasteiger partial charge on any atom is 0.338 e. The van der Waals surface area contributed by atoms with Gasteiger partial charge in [0.1, 0.15) is 24.4 Å². The molecule has 1 saturated carbocycles. The predicted molar refractivity (Wildman–Crippen MR) is 111 cm³/mol. The molecule has 0 aromatic heterocycles. The van der Waals surface area contributed by atoms with Crippen molar-refractivity contribution in [3.05, 3.63) is 24.8 Å². The van der Waals surface area contributed by atoms with Gasteiger partial charge in [0.2, 0.25) is 0 Å². The molecule has 0 spiro atoms. The fraction of sp³-hybridized carbons (Fsp3) is 0.727. The van der Waals surface area contributed by atoms with Crippen LogP contribution >= 0.6 is 0 Å². The number of carbonyl (C=O) groups excluding carboxylic acids is 2. The van der Waals surface area contributed by atoms with E-state index in [4.69, 9.17) is 18.9 Å². The Labute approximate surface area is 187 Å². The quantitative estimate of drug-likeness (QED) is 0.293. The molecule has 4 unspecified atom stereocenters. The molecule has 10 heteroatoms. The lowest BCUT2D eigenvalue weighted by atomic mass is 9.88. The van der Waals surface area contributed by atoms with Crippen LogP contribution in [0.1, 0.15) is 32.1 Å². The fourth-order valence-corrected chi connectivity index (χ4v) is 4.02. The Morgan fingerprint density at radius 1 is 0.906 bits per heavy atom. The topological polar surface area (TPSA) is 152 Å². The second-order valence-electron chi connectivity index (χ2n) is 8.10. The number of esters is 2. The Morgan fingerprint density at radius 3 is 1.78 bits per heavy atom. The summed E-state index contributed by atoms with van der Waals surface area (Å²) in [6, 6.07) is 0. The fourth-order valence-electron chi connectivity index (χ4n) is 4.02. The Balaban J connectivity index is 0.000000244. The lowest BCUT2D eigenvalue weighted by Gasteiger charge is -2.20. The smallest absolute Gasteiger partial charge is 0.338 e. The zero-order valence-electron chi connectivity index (χ0n) is 18.4. The van der Waals surface area contributed by atoms with Crippen LogP contribution in [0.2, 0.25) is 0 Å². The number of hydrogen-bond acceptors (Lipinski definition) is 10. The molecule has 0 radical (unpaired) electrons. The van der Waals surface area contributed by atoms with Crippen molar-refractivity contribution in [2.75, 3.05) is 14.2 Å². The molecular formula is C22H34O10. The minimum absolute atomic E-state index is 0.482. The Hall–Kier alpha value is -1.82. The number of aliphatic hydroxyl groups excluding tert-OH is 4. The van der Waals surface area contributed by atoms with E-state index in [0.29, 0.717) is 5.92 Å². The van der Waals surface area contributed by atoms with E-state index in [1.54, 1.807) is 6.08 Å². The summed E-state index contributed by atoms with van der Waals surface area (Å²) >= 11 is 0. The van der Waals surface area contributed by atoms with E-state index in [9.17, 15) is 30.0 Å². The van der Waals surface area contributed by atoms with Crippen LogP contribution in [-0.2, 0) is 28.5 Å². The van der Waals surface area contributed by atoms with Gasteiger partial charge in [0.05, 0.1) is 0 Å². The molecule has 3 aliphatic rings. The summed E-state index contributed by atoms with van der Waals surface area (Å²) in [7, 11) is 2.62. The van der Waals surface area contributed by atoms with E-state index in [0.717, 1.165) is 12.8 Å². The first-order valence-corrected chi connectivity index (χ1v) is 10.7. The summed E-state index contributed by atoms with van der Waals surface area (Å²) in [5, 5.41) is 38.6. The van der Waals surface area contributed by atoms with Crippen molar-refractivity contribution in [1.29, 1.82) is 0 Å². The molecule has 3 fully saturated rings. The van der Waals surface area contributed by atoms with Crippen LogP contribution in [0.3, 0.4) is 0 Å². The molecule has 4 N–H and O–H groups in total. The van der Waals surface area contributed by atoms with Crippen LogP contribution < -0.4 is 0 Å². The molecule has 0 bridgehead atoms. The van der Waals surface area contributed by atoms with Crippen LogP contribution in [-0.4, -0.2) is 95.4 Å². The molecule has 32 heavy (non-hydrogen) atoms. The molecule has 0 aromatic rings. The van der Waals surface area contributed by atoms with Gasteiger partial charge >= 0.3 is 11.9 Å². The minimum Gasteiger partial charge on any atom is -0.454 e. The second kappa shape index (κ2) is 12.4. The summed E-state index contributed by atoms with van der Waals surface area (Å²) in [5.41, 5.74) is 0.